The van der Waals surface area contributed by atoms with Crippen molar-refractivity contribution in [2.75, 3.05) is 39.8 Å². The number of rotatable bonds is 9. The normalized spacial score (nSPS) is 38.5. The SMILES string of the molecule is CNCC(CN)C1CC(NC2CNCCN2)NC(N[C@@H](C)C2CCC(F)CC2)C1. The Kier molecular flexibility index (Phi) is 9.55. The smallest absolute Gasteiger partial charge is 0.100 e. The molecule has 29 heavy (non-hydrogen) atoms. The monoisotopic (exact) mass is 413 g/mol. The quantitative estimate of drug-likeness (QED) is 0.287. The highest BCUT2D eigenvalue weighted by Gasteiger charge is 2.35. The zero-order valence-corrected chi connectivity index (χ0v) is 18.4. The van der Waals surface area contributed by atoms with Crippen molar-refractivity contribution in [3.8, 4) is 0 Å². The lowest BCUT2D eigenvalue weighted by molar-refractivity contribution is 0.113. The molecule has 0 amide bonds. The standard InChI is InChI=1S/C21H44FN7/c1-14(15-3-5-18(22)6-4-15)27-19-9-16(17(11-23)12-24-2)10-20(28-19)29-21-13-25-7-8-26-21/h14-21,24-29H,3-13,23H2,1-2H3/t14-,15?,16?,17?,18?,19?,20?,21?/m0/s1. The number of piperidine rings is 1. The lowest BCUT2D eigenvalue weighted by Crippen LogP contribution is -2.66. The fourth-order valence-electron chi connectivity index (χ4n) is 5.45. The summed E-state index contributed by atoms with van der Waals surface area (Å²) < 4.78 is 13.5. The maximum atomic E-state index is 13.5. The number of alkyl halides is 1. The van der Waals surface area contributed by atoms with Crippen molar-refractivity contribution < 1.29 is 4.39 Å². The molecule has 8 heteroatoms. The van der Waals surface area contributed by atoms with Crippen LogP contribution in [0.2, 0.25) is 0 Å². The molecule has 2 heterocycles. The summed E-state index contributed by atoms with van der Waals surface area (Å²) in [6.07, 6.45) is 5.81. The van der Waals surface area contributed by atoms with Crippen LogP contribution in [-0.4, -0.2) is 70.5 Å². The second-order valence-corrected chi connectivity index (χ2v) is 9.40. The molecule has 0 bridgehead atoms. The van der Waals surface area contributed by atoms with Crippen LogP contribution in [-0.2, 0) is 0 Å². The van der Waals surface area contributed by atoms with Gasteiger partial charge in [0.2, 0.25) is 0 Å². The van der Waals surface area contributed by atoms with E-state index in [1.54, 1.807) is 0 Å². The summed E-state index contributed by atoms with van der Waals surface area (Å²) in [4.78, 5) is 0. The van der Waals surface area contributed by atoms with Crippen LogP contribution in [0, 0.1) is 17.8 Å². The summed E-state index contributed by atoms with van der Waals surface area (Å²) >= 11 is 0. The van der Waals surface area contributed by atoms with E-state index >= 15 is 0 Å². The van der Waals surface area contributed by atoms with E-state index in [1.165, 1.54) is 0 Å². The molecular formula is C21H44FN7. The van der Waals surface area contributed by atoms with E-state index in [9.17, 15) is 4.39 Å². The lowest BCUT2D eigenvalue weighted by atomic mass is 9.80. The molecule has 2 saturated heterocycles. The molecule has 3 rings (SSSR count). The zero-order valence-electron chi connectivity index (χ0n) is 18.4. The first kappa shape index (κ1) is 23.3. The summed E-state index contributed by atoms with van der Waals surface area (Å²) in [5.41, 5.74) is 6.14. The molecule has 0 spiro atoms. The topological polar surface area (TPSA) is 98.2 Å². The van der Waals surface area contributed by atoms with Crippen molar-refractivity contribution in [1.82, 2.24) is 31.9 Å². The predicted octanol–water partition coefficient (Wildman–Crippen LogP) is 0.0474. The largest absolute Gasteiger partial charge is 0.330 e. The van der Waals surface area contributed by atoms with Gasteiger partial charge < -0.3 is 16.4 Å². The van der Waals surface area contributed by atoms with Crippen molar-refractivity contribution in [3.63, 3.8) is 0 Å². The van der Waals surface area contributed by atoms with Crippen LogP contribution in [0.5, 0.6) is 0 Å². The lowest BCUT2D eigenvalue weighted by Gasteiger charge is -2.44. The van der Waals surface area contributed by atoms with Crippen molar-refractivity contribution in [2.24, 2.45) is 23.5 Å². The first-order valence-electron chi connectivity index (χ1n) is 11.8. The molecule has 1 saturated carbocycles. The van der Waals surface area contributed by atoms with Gasteiger partial charge in [0.1, 0.15) is 6.17 Å². The van der Waals surface area contributed by atoms with Crippen LogP contribution in [0.4, 0.5) is 4.39 Å². The number of nitrogens with two attached hydrogens (primary N) is 1. The molecule has 0 aromatic heterocycles. The number of halogens is 1. The third kappa shape index (κ3) is 7.09. The Balaban J connectivity index is 1.59. The molecule has 5 unspecified atom stereocenters. The maximum Gasteiger partial charge on any atom is 0.100 e. The number of piperazine rings is 1. The summed E-state index contributed by atoms with van der Waals surface area (Å²) in [6.45, 7) is 6.91. The van der Waals surface area contributed by atoms with Gasteiger partial charge in [0.25, 0.3) is 0 Å². The van der Waals surface area contributed by atoms with E-state index in [-0.39, 0.29) is 12.3 Å². The molecule has 6 atom stereocenters. The van der Waals surface area contributed by atoms with Gasteiger partial charge in [0.15, 0.2) is 0 Å². The number of hydrogen-bond acceptors (Lipinski definition) is 7. The van der Waals surface area contributed by atoms with E-state index in [0.717, 1.165) is 64.7 Å². The third-order valence-electron chi connectivity index (χ3n) is 7.23. The first-order valence-corrected chi connectivity index (χ1v) is 11.8. The highest BCUT2D eigenvalue weighted by atomic mass is 19.1. The van der Waals surface area contributed by atoms with E-state index in [0.29, 0.717) is 36.5 Å². The van der Waals surface area contributed by atoms with Gasteiger partial charge in [-0.2, -0.15) is 0 Å². The minimum atomic E-state index is -0.590. The minimum Gasteiger partial charge on any atom is -0.330 e. The van der Waals surface area contributed by atoms with E-state index in [2.05, 4.69) is 38.8 Å². The Hall–Kier alpha value is -0.350. The van der Waals surface area contributed by atoms with Gasteiger partial charge in [0, 0.05) is 25.7 Å². The Morgan fingerprint density at radius 2 is 1.79 bits per heavy atom. The molecule has 0 radical (unpaired) electrons. The van der Waals surface area contributed by atoms with E-state index in [1.807, 2.05) is 7.05 Å². The van der Waals surface area contributed by atoms with Gasteiger partial charge in [0.05, 0.1) is 18.5 Å². The van der Waals surface area contributed by atoms with Crippen molar-refractivity contribution in [3.05, 3.63) is 0 Å². The fourth-order valence-corrected chi connectivity index (χ4v) is 5.45. The highest BCUT2D eigenvalue weighted by Crippen LogP contribution is 2.30. The maximum absolute atomic E-state index is 13.5. The van der Waals surface area contributed by atoms with Gasteiger partial charge >= 0.3 is 0 Å². The molecule has 1 aliphatic carbocycles. The molecule has 7 nitrogen and oxygen atoms in total. The minimum absolute atomic E-state index is 0.253. The van der Waals surface area contributed by atoms with Crippen molar-refractivity contribution >= 4 is 0 Å². The highest BCUT2D eigenvalue weighted by molar-refractivity contribution is 4.91. The van der Waals surface area contributed by atoms with Crippen molar-refractivity contribution in [2.45, 2.75) is 76.2 Å². The summed E-state index contributed by atoms with van der Waals surface area (Å²) in [5.74, 6) is 1.61. The van der Waals surface area contributed by atoms with Gasteiger partial charge in [-0.05, 0) is 83.3 Å². The molecule has 0 aromatic carbocycles. The Bertz CT molecular complexity index is 454. The van der Waals surface area contributed by atoms with Crippen LogP contribution in [0.25, 0.3) is 0 Å². The van der Waals surface area contributed by atoms with Gasteiger partial charge in [-0.3, -0.25) is 21.3 Å². The predicted molar refractivity (Wildman–Crippen MR) is 117 cm³/mol. The van der Waals surface area contributed by atoms with Crippen LogP contribution in [0.1, 0.15) is 45.4 Å². The van der Waals surface area contributed by atoms with E-state index in [4.69, 9.17) is 5.73 Å². The Morgan fingerprint density at radius 1 is 1.03 bits per heavy atom. The summed E-state index contributed by atoms with van der Waals surface area (Å²) in [7, 11) is 2.01. The first-order chi connectivity index (χ1) is 14.1. The number of nitrogens with one attached hydrogen (secondary N) is 6. The average molecular weight is 414 g/mol. The molecule has 170 valence electrons. The van der Waals surface area contributed by atoms with E-state index < -0.39 is 6.17 Å². The van der Waals surface area contributed by atoms with Crippen LogP contribution in [0.3, 0.4) is 0 Å². The Morgan fingerprint density at radius 3 is 2.45 bits per heavy atom. The Labute approximate surface area is 176 Å². The molecular weight excluding hydrogens is 369 g/mol. The fraction of sp³-hybridized carbons (Fsp3) is 1.00. The van der Waals surface area contributed by atoms with Gasteiger partial charge in [-0.25, -0.2) is 4.39 Å². The molecule has 2 aliphatic heterocycles. The second-order valence-electron chi connectivity index (χ2n) is 9.40. The van der Waals surface area contributed by atoms with Gasteiger partial charge in [-0.15, -0.1) is 0 Å². The molecule has 0 aromatic rings. The third-order valence-corrected chi connectivity index (χ3v) is 7.23. The average Bonchev–Trinajstić information content (AvgIpc) is 2.73. The molecule has 3 fully saturated rings. The summed E-state index contributed by atoms with van der Waals surface area (Å²) in [5, 5.41) is 21.7. The van der Waals surface area contributed by atoms with Crippen LogP contribution < -0.4 is 37.6 Å². The zero-order chi connectivity index (χ0) is 20.6. The summed E-state index contributed by atoms with van der Waals surface area (Å²) in [6, 6.07) is 0.398. The van der Waals surface area contributed by atoms with Gasteiger partial charge in [-0.1, -0.05) is 0 Å². The second kappa shape index (κ2) is 11.9. The van der Waals surface area contributed by atoms with Crippen LogP contribution in [0.15, 0.2) is 0 Å². The number of hydrogen-bond donors (Lipinski definition) is 7. The van der Waals surface area contributed by atoms with Crippen molar-refractivity contribution in [1.29, 1.82) is 0 Å². The molecule has 8 N–H and O–H groups in total. The molecule has 3 aliphatic rings. The van der Waals surface area contributed by atoms with Crippen LogP contribution >= 0.6 is 0 Å².